The van der Waals surface area contributed by atoms with Gasteiger partial charge in [0.2, 0.25) is 11.7 Å². The molecule has 19 heavy (non-hydrogen) atoms. The Balaban J connectivity index is 2.05. The van der Waals surface area contributed by atoms with E-state index in [9.17, 15) is 4.79 Å². The lowest BCUT2D eigenvalue weighted by atomic mass is 10.1. The monoisotopic (exact) mass is 277 g/mol. The second-order valence-corrected chi connectivity index (χ2v) is 6.24. The van der Waals surface area contributed by atoms with Gasteiger partial charge in [-0.25, -0.2) is 9.78 Å². The van der Waals surface area contributed by atoms with Crippen LogP contribution in [-0.4, -0.2) is 16.1 Å². The molecule has 0 amide bonds. The van der Waals surface area contributed by atoms with Crippen molar-refractivity contribution in [3.05, 3.63) is 28.0 Å². The van der Waals surface area contributed by atoms with Gasteiger partial charge in [-0.15, -0.1) is 11.3 Å². The van der Waals surface area contributed by atoms with Gasteiger partial charge in [0.1, 0.15) is 0 Å². The van der Waals surface area contributed by atoms with Crippen LogP contribution in [0.15, 0.2) is 10.5 Å². The minimum Gasteiger partial charge on any atom is -0.475 e. The number of oxazole rings is 1. The summed E-state index contributed by atoms with van der Waals surface area (Å²) in [6.45, 7) is 3.84. The van der Waals surface area contributed by atoms with E-state index < -0.39 is 5.97 Å². The lowest BCUT2D eigenvalue weighted by Gasteiger charge is -1.98. The maximum Gasteiger partial charge on any atom is 0.373 e. The first-order valence-electron chi connectivity index (χ1n) is 6.42. The Kier molecular flexibility index (Phi) is 2.93. The second kappa shape index (κ2) is 4.49. The summed E-state index contributed by atoms with van der Waals surface area (Å²) in [5, 5.41) is 9.16. The second-order valence-electron chi connectivity index (χ2n) is 5.11. The van der Waals surface area contributed by atoms with Crippen molar-refractivity contribution in [1.29, 1.82) is 0 Å². The van der Waals surface area contributed by atoms with Crippen molar-refractivity contribution in [2.75, 3.05) is 0 Å². The summed E-state index contributed by atoms with van der Waals surface area (Å²) in [5.74, 6) is -0.596. The normalized spacial score (nSPS) is 14.1. The van der Waals surface area contributed by atoms with Crippen molar-refractivity contribution in [3.8, 4) is 10.8 Å². The minimum atomic E-state index is -1.05. The van der Waals surface area contributed by atoms with E-state index in [0.717, 1.165) is 17.7 Å². The van der Waals surface area contributed by atoms with Crippen LogP contribution in [0.4, 0.5) is 0 Å². The number of nitrogens with zero attached hydrogens (tertiary/aromatic N) is 1. The SMILES string of the molecule is CC(C)c1nc(-c2cc3c(s2)CCC3)oc1C(=O)O. The molecule has 0 aromatic carbocycles. The molecule has 0 spiro atoms. The summed E-state index contributed by atoms with van der Waals surface area (Å²) in [6.07, 6.45) is 3.43. The highest BCUT2D eigenvalue weighted by molar-refractivity contribution is 7.15. The highest BCUT2D eigenvalue weighted by Gasteiger charge is 2.24. The molecule has 4 nitrogen and oxygen atoms in total. The summed E-state index contributed by atoms with van der Waals surface area (Å²) in [5.41, 5.74) is 1.89. The highest BCUT2D eigenvalue weighted by atomic mass is 32.1. The molecule has 2 aromatic rings. The Morgan fingerprint density at radius 1 is 1.47 bits per heavy atom. The molecule has 1 N–H and O–H groups in total. The number of carbonyl (C=O) groups is 1. The molecule has 0 aliphatic heterocycles. The summed E-state index contributed by atoms with van der Waals surface area (Å²) in [4.78, 5) is 17.9. The largest absolute Gasteiger partial charge is 0.475 e. The van der Waals surface area contributed by atoms with Gasteiger partial charge in [0.15, 0.2) is 0 Å². The van der Waals surface area contributed by atoms with Crippen molar-refractivity contribution in [2.45, 2.75) is 39.0 Å². The number of fused-ring (bicyclic) bond motifs is 1. The van der Waals surface area contributed by atoms with Gasteiger partial charge in [0.25, 0.3) is 0 Å². The number of carboxylic acids is 1. The van der Waals surface area contributed by atoms with Crippen molar-refractivity contribution in [3.63, 3.8) is 0 Å². The van der Waals surface area contributed by atoms with E-state index in [4.69, 9.17) is 9.52 Å². The van der Waals surface area contributed by atoms with Gasteiger partial charge >= 0.3 is 5.97 Å². The van der Waals surface area contributed by atoms with E-state index >= 15 is 0 Å². The van der Waals surface area contributed by atoms with Crippen LogP contribution in [0, 0.1) is 0 Å². The smallest absolute Gasteiger partial charge is 0.373 e. The molecule has 0 bridgehead atoms. The molecule has 0 radical (unpaired) electrons. The minimum absolute atomic E-state index is 0.0291. The Hall–Kier alpha value is -1.62. The number of aryl methyl sites for hydroxylation is 2. The van der Waals surface area contributed by atoms with Crippen molar-refractivity contribution in [1.82, 2.24) is 4.98 Å². The fraction of sp³-hybridized carbons (Fsp3) is 0.429. The first kappa shape index (κ1) is 12.4. The lowest BCUT2D eigenvalue weighted by Crippen LogP contribution is -2.01. The quantitative estimate of drug-likeness (QED) is 0.928. The van der Waals surface area contributed by atoms with Crippen LogP contribution in [-0.2, 0) is 12.8 Å². The zero-order valence-corrected chi connectivity index (χ0v) is 11.7. The molecule has 0 atom stereocenters. The van der Waals surface area contributed by atoms with Crippen LogP contribution >= 0.6 is 11.3 Å². The van der Waals surface area contributed by atoms with E-state index in [1.807, 2.05) is 13.8 Å². The number of hydrogen-bond donors (Lipinski definition) is 1. The summed E-state index contributed by atoms with van der Waals surface area (Å²) < 4.78 is 5.46. The molecule has 5 heteroatoms. The third kappa shape index (κ3) is 2.08. The maximum absolute atomic E-state index is 11.2. The molecule has 0 fully saturated rings. The van der Waals surface area contributed by atoms with Crippen LogP contribution < -0.4 is 0 Å². The van der Waals surface area contributed by atoms with E-state index in [0.29, 0.717) is 11.6 Å². The van der Waals surface area contributed by atoms with Crippen molar-refractivity contribution in [2.24, 2.45) is 0 Å². The van der Waals surface area contributed by atoms with Crippen molar-refractivity contribution < 1.29 is 14.3 Å². The zero-order chi connectivity index (χ0) is 13.6. The standard InChI is InChI=1S/C14H15NO3S/c1-7(2)11-12(14(16)17)18-13(15-11)10-6-8-4-3-5-9(8)19-10/h6-7H,3-5H2,1-2H3,(H,16,17). The number of hydrogen-bond acceptors (Lipinski definition) is 4. The van der Waals surface area contributed by atoms with Crippen LogP contribution in [0.25, 0.3) is 10.8 Å². The summed E-state index contributed by atoms with van der Waals surface area (Å²) in [7, 11) is 0. The van der Waals surface area contributed by atoms with E-state index in [1.165, 1.54) is 16.9 Å². The number of carboxylic acid groups (broad SMARTS) is 1. The molecule has 0 unspecified atom stereocenters. The number of aromatic carboxylic acids is 1. The van der Waals surface area contributed by atoms with Gasteiger partial charge in [0, 0.05) is 4.88 Å². The Morgan fingerprint density at radius 2 is 2.26 bits per heavy atom. The van der Waals surface area contributed by atoms with Gasteiger partial charge in [-0.05, 0) is 36.8 Å². The first-order valence-corrected chi connectivity index (χ1v) is 7.24. The average molecular weight is 277 g/mol. The fourth-order valence-corrected chi connectivity index (χ4v) is 3.60. The molecule has 0 saturated carbocycles. The molecule has 2 aromatic heterocycles. The first-order chi connectivity index (χ1) is 9.06. The molecule has 1 aliphatic rings. The predicted octanol–water partition coefficient (Wildman–Crippen LogP) is 3.71. The van der Waals surface area contributed by atoms with Gasteiger partial charge < -0.3 is 9.52 Å². The number of thiophene rings is 1. The van der Waals surface area contributed by atoms with Crippen LogP contribution in [0.5, 0.6) is 0 Å². The topological polar surface area (TPSA) is 63.3 Å². The Bertz CT molecular complexity index is 618. The number of aromatic nitrogens is 1. The van der Waals surface area contributed by atoms with Gasteiger partial charge in [-0.1, -0.05) is 13.8 Å². The van der Waals surface area contributed by atoms with Crippen LogP contribution in [0.1, 0.15) is 52.9 Å². The molecule has 2 heterocycles. The number of rotatable bonds is 3. The highest BCUT2D eigenvalue weighted by Crippen LogP contribution is 2.37. The van der Waals surface area contributed by atoms with Crippen LogP contribution in [0.3, 0.4) is 0 Å². The lowest BCUT2D eigenvalue weighted by molar-refractivity contribution is 0.0661. The summed E-state index contributed by atoms with van der Waals surface area (Å²) in [6, 6.07) is 2.09. The molecule has 3 rings (SSSR count). The molecule has 0 saturated heterocycles. The van der Waals surface area contributed by atoms with Crippen molar-refractivity contribution >= 4 is 17.3 Å². The molecular formula is C14H15NO3S. The van der Waals surface area contributed by atoms with Gasteiger partial charge in [0.05, 0.1) is 10.6 Å². The van der Waals surface area contributed by atoms with Crippen LogP contribution in [0.2, 0.25) is 0 Å². The Labute approximate surface area is 115 Å². The van der Waals surface area contributed by atoms with E-state index in [2.05, 4.69) is 11.1 Å². The fourth-order valence-electron chi connectivity index (χ4n) is 2.42. The average Bonchev–Trinajstić information content (AvgIpc) is 3.01. The molecular weight excluding hydrogens is 262 g/mol. The van der Waals surface area contributed by atoms with E-state index in [1.54, 1.807) is 11.3 Å². The predicted molar refractivity (Wildman–Crippen MR) is 72.9 cm³/mol. The van der Waals surface area contributed by atoms with Gasteiger partial charge in [-0.3, -0.25) is 0 Å². The Morgan fingerprint density at radius 3 is 2.84 bits per heavy atom. The van der Waals surface area contributed by atoms with Gasteiger partial charge in [-0.2, -0.15) is 0 Å². The summed E-state index contributed by atoms with van der Waals surface area (Å²) >= 11 is 1.67. The van der Waals surface area contributed by atoms with E-state index in [-0.39, 0.29) is 11.7 Å². The maximum atomic E-state index is 11.2. The zero-order valence-electron chi connectivity index (χ0n) is 10.9. The molecule has 1 aliphatic carbocycles. The third-order valence-corrected chi connectivity index (χ3v) is 4.58. The molecule has 100 valence electrons. The third-order valence-electron chi connectivity index (χ3n) is 3.35.